The predicted molar refractivity (Wildman–Crippen MR) is 74.0 cm³/mol. The summed E-state index contributed by atoms with van der Waals surface area (Å²) in [6.07, 6.45) is -0.0408. The Balaban J connectivity index is 2.21. The van der Waals surface area contributed by atoms with Gasteiger partial charge in [-0.3, -0.25) is 4.79 Å². The van der Waals surface area contributed by atoms with Crippen molar-refractivity contribution in [3.05, 3.63) is 58.6 Å². The first kappa shape index (κ1) is 13.9. The average Bonchev–Trinajstić information content (AvgIpc) is 2.41. The molecule has 0 aromatic heterocycles. The van der Waals surface area contributed by atoms with Gasteiger partial charge in [0.05, 0.1) is 11.4 Å². The van der Waals surface area contributed by atoms with Gasteiger partial charge in [-0.15, -0.1) is 0 Å². The molecule has 2 rings (SSSR count). The number of hydrogen-bond donors (Lipinski definition) is 1. The lowest BCUT2D eigenvalue weighted by molar-refractivity contribution is -0.136. The molecule has 0 atom stereocenters. The molecule has 5 heteroatoms. The predicted octanol–water partition coefficient (Wildman–Crippen LogP) is 3.63. The van der Waals surface area contributed by atoms with Crippen molar-refractivity contribution in [2.45, 2.75) is 6.42 Å². The van der Waals surface area contributed by atoms with E-state index in [9.17, 15) is 4.79 Å². The van der Waals surface area contributed by atoms with Crippen molar-refractivity contribution < 1.29 is 14.6 Å². The number of carboxylic acids is 1. The van der Waals surface area contributed by atoms with Crippen molar-refractivity contribution in [2.75, 3.05) is 0 Å². The first-order valence-corrected chi connectivity index (χ1v) is 6.15. The minimum absolute atomic E-state index is 0.0408. The molecule has 2 aromatic rings. The third-order valence-electron chi connectivity index (χ3n) is 2.59. The number of rotatable bonds is 4. The van der Waals surface area contributed by atoms with E-state index in [1.54, 1.807) is 42.5 Å². The van der Waals surface area contributed by atoms with Crippen LogP contribution in [0.5, 0.6) is 11.5 Å². The molecule has 0 saturated carbocycles. The highest BCUT2D eigenvalue weighted by Gasteiger charge is 2.08. The van der Waals surface area contributed by atoms with Crippen molar-refractivity contribution in [2.24, 2.45) is 0 Å². The summed E-state index contributed by atoms with van der Waals surface area (Å²) >= 11 is 5.91. The molecule has 0 aliphatic rings. The Labute approximate surface area is 120 Å². The summed E-state index contributed by atoms with van der Waals surface area (Å²) in [5.74, 6) is -0.0100. The molecule has 0 radical (unpaired) electrons. The summed E-state index contributed by atoms with van der Waals surface area (Å²) < 4.78 is 5.59. The molecule has 4 nitrogen and oxygen atoms in total. The summed E-state index contributed by atoms with van der Waals surface area (Å²) in [6, 6.07) is 13.6. The van der Waals surface area contributed by atoms with Crippen molar-refractivity contribution in [3.8, 4) is 17.6 Å². The average molecular weight is 288 g/mol. The molecule has 1 N–H and O–H groups in total. The largest absolute Gasteiger partial charge is 0.481 e. The van der Waals surface area contributed by atoms with Crippen LogP contribution in [0.2, 0.25) is 5.02 Å². The molecule has 0 amide bonds. The highest BCUT2D eigenvalue weighted by molar-refractivity contribution is 6.31. The van der Waals surface area contributed by atoms with Gasteiger partial charge in [-0.25, -0.2) is 0 Å². The first-order valence-electron chi connectivity index (χ1n) is 5.77. The lowest BCUT2D eigenvalue weighted by atomic mass is 10.1. The van der Waals surface area contributed by atoms with E-state index < -0.39 is 5.97 Å². The molecule has 0 saturated heterocycles. The summed E-state index contributed by atoms with van der Waals surface area (Å²) in [4.78, 5) is 10.6. The highest BCUT2D eigenvalue weighted by atomic mass is 35.5. The number of aliphatic carboxylic acids is 1. The summed E-state index contributed by atoms with van der Waals surface area (Å²) in [5, 5.41) is 18.1. The third kappa shape index (κ3) is 3.28. The van der Waals surface area contributed by atoms with Crippen molar-refractivity contribution in [1.29, 1.82) is 5.26 Å². The second-order valence-electron chi connectivity index (χ2n) is 4.04. The molecule has 0 unspecified atom stereocenters. The lowest BCUT2D eigenvalue weighted by Gasteiger charge is -2.08. The van der Waals surface area contributed by atoms with Gasteiger partial charge in [-0.2, -0.15) is 5.26 Å². The van der Waals surface area contributed by atoms with Gasteiger partial charge in [0.25, 0.3) is 0 Å². The lowest BCUT2D eigenvalue weighted by Crippen LogP contribution is -1.99. The first-order chi connectivity index (χ1) is 9.60. The van der Waals surface area contributed by atoms with E-state index in [4.69, 9.17) is 26.7 Å². The van der Waals surface area contributed by atoms with E-state index in [0.717, 1.165) is 0 Å². The summed E-state index contributed by atoms with van der Waals surface area (Å²) in [7, 11) is 0. The Morgan fingerprint density at radius 3 is 2.55 bits per heavy atom. The minimum Gasteiger partial charge on any atom is -0.481 e. The molecular weight excluding hydrogens is 278 g/mol. The number of nitrogens with zero attached hydrogens (tertiary/aromatic N) is 1. The normalized spacial score (nSPS) is 9.80. The number of ether oxygens (including phenoxy) is 1. The van der Waals surface area contributed by atoms with Crippen molar-refractivity contribution in [1.82, 2.24) is 0 Å². The Morgan fingerprint density at radius 1 is 1.25 bits per heavy atom. The van der Waals surface area contributed by atoms with Crippen LogP contribution >= 0.6 is 11.6 Å². The van der Waals surface area contributed by atoms with Gasteiger partial charge in [0, 0.05) is 0 Å². The van der Waals surface area contributed by atoms with E-state index >= 15 is 0 Å². The van der Waals surface area contributed by atoms with E-state index in [0.29, 0.717) is 22.1 Å². The van der Waals surface area contributed by atoms with Crippen LogP contribution in [-0.2, 0) is 11.2 Å². The van der Waals surface area contributed by atoms with Gasteiger partial charge in [0.15, 0.2) is 0 Å². The molecule has 0 fully saturated rings. The van der Waals surface area contributed by atoms with Gasteiger partial charge in [0.2, 0.25) is 0 Å². The molecule has 2 aromatic carbocycles. The number of benzene rings is 2. The third-order valence-corrected chi connectivity index (χ3v) is 2.91. The zero-order valence-electron chi connectivity index (χ0n) is 10.3. The van der Waals surface area contributed by atoms with Gasteiger partial charge in [0.1, 0.15) is 23.1 Å². The van der Waals surface area contributed by atoms with Crippen LogP contribution in [0.25, 0.3) is 0 Å². The van der Waals surface area contributed by atoms with E-state index in [1.165, 1.54) is 0 Å². The molecule has 20 heavy (non-hydrogen) atoms. The van der Waals surface area contributed by atoms with E-state index in [2.05, 4.69) is 0 Å². The van der Waals surface area contributed by atoms with Crippen LogP contribution < -0.4 is 4.74 Å². The van der Waals surface area contributed by atoms with E-state index in [-0.39, 0.29) is 12.0 Å². The fraction of sp³-hybridized carbons (Fsp3) is 0.0667. The van der Waals surface area contributed by atoms with Crippen LogP contribution in [0, 0.1) is 11.3 Å². The molecular formula is C15H10ClNO3. The molecule has 100 valence electrons. The standard InChI is InChI=1S/C15H10ClNO3/c16-13-2-1-3-14(12(13)9-17)20-11-6-4-10(5-7-11)8-15(18)19/h1-7H,8H2,(H,18,19). The molecule has 0 bridgehead atoms. The maximum absolute atomic E-state index is 10.6. The topological polar surface area (TPSA) is 70.3 Å². The van der Waals surface area contributed by atoms with Crippen LogP contribution in [0.3, 0.4) is 0 Å². The number of carbonyl (C=O) groups is 1. The Bertz CT molecular complexity index is 675. The summed E-state index contributed by atoms with van der Waals surface area (Å²) in [5.41, 5.74) is 0.945. The summed E-state index contributed by atoms with van der Waals surface area (Å²) in [6.45, 7) is 0. The molecule has 0 spiro atoms. The van der Waals surface area contributed by atoms with Crippen LogP contribution in [0.15, 0.2) is 42.5 Å². The monoisotopic (exact) mass is 287 g/mol. The minimum atomic E-state index is -0.889. The maximum Gasteiger partial charge on any atom is 0.307 e. The van der Waals surface area contributed by atoms with E-state index in [1.807, 2.05) is 6.07 Å². The number of hydrogen-bond acceptors (Lipinski definition) is 3. The quantitative estimate of drug-likeness (QED) is 0.932. The van der Waals surface area contributed by atoms with Crippen LogP contribution in [0.4, 0.5) is 0 Å². The number of halogens is 1. The Hall–Kier alpha value is -2.51. The highest BCUT2D eigenvalue weighted by Crippen LogP contribution is 2.29. The second kappa shape index (κ2) is 6.09. The van der Waals surface area contributed by atoms with Gasteiger partial charge < -0.3 is 9.84 Å². The molecule has 0 heterocycles. The zero-order chi connectivity index (χ0) is 14.5. The van der Waals surface area contributed by atoms with Crippen LogP contribution in [-0.4, -0.2) is 11.1 Å². The fourth-order valence-electron chi connectivity index (χ4n) is 1.67. The van der Waals surface area contributed by atoms with Crippen LogP contribution in [0.1, 0.15) is 11.1 Å². The van der Waals surface area contributed by atoms with Crippen molar-refractivity contribution in [3.63, 3.8) is 0 Å². The molecule has 0 aliphatic heterocycles. The number of carboxylic acid groups (broad SMARTS) is 1. The van der Waals surface area contributed by atoms with Crippen molar-refractivity contribution >= 4 is 17.6 Å². The smallest absolute Gasteiger partial charge is 0.307 e. The Morgan fingerprint density at radius 2 is 1.95 bits per heavy atom. The number of nitriles is 1. The SMILES string of the molecule is N#Cc1c(Cl)cccc1Oc1ccc(CC(=O)O)cc1. The zero-order valence-corrected chi connectivity index (χ0v) is 11.1. The second-order valence-corrected chi connectivity index (χ2v) is 4.45. The van der Waals surface area contributed by atoms with Gasteiger partial charge in [-0.05, 0) is 29.8 Å². The maximum atomic E-state index is 10.6. The molecule has 0 aliphatic carbocycles. The fourth-order valence-corrected chi connectivity index (χ4v) is 1.88. The van der Waals surface area contributed by atoms with Gasteiger partial charge in [-0.1, -0.05) is 29.8 Å². The van der Waals surface area contributed by atoms with Gasteiger partial charge >= 0.3 is 5.97 Å². The Kier molecular flexibility index (Phi) is 4.24.